The topological polar surface area (TPSA) is 52.2 Å². The molecule has 0 saturated carbocycles. The summed E-state index contributed by atoms with van der Waals surface area (Å²) in [4.78, 5) is 23.9. The maximum atomic E-state index is 13.5. The quantitative estimate of drug-likeness (QED) is 0.873. The second-order valence-corrected chi connectivity index (χ2v) is 6.73. The number of imidazole rings is 1. The van der Waals surface area contributed by atoms with Crippen LogP contribution in [0.15, 0.2) is 12.1 Å². The van der Waals surface area contributed by atoms with Crippen molar-refractivity contribution in [1.29, 1.82) is 0 Å². The van der Waals surface area contributed by atoms with E-state index >= 15 is 0 Å². The third kappa shape index (κ3) is 2.18. The molecule has 2 aromatic rings. The molecular formula is C15H16ClFN4O. The Balaban J connectivity index is 1.58. The Labute approximate surface area is 132 Å². The number of aromatic amines is 1. The molecule has 0 unspecified atom stereocenters. The molecule has 0 aliphatic carbocycles. The van der Waals surface area contributed by atoms with Crippen molar-refractivity contribution in [3.8, 4) is 0 Å². The summed E-state index contributed by atoms with van der Waals surface area (Å²) in [6, 6.07) is 2.71. The van der Waals surface area contributed by atoms with Crippen LogP contribution in [0.5, 0.6) is 0 Å². The van der Waals surface area contributed by atoms with Crippen LogP contribution in [0.2, 0.25) is 5.02 Å². The number of fused-ring (bicyclic) bond motifs is 2. The van der Waals surface area contributed by atoms with E-state index in [1.54, 1.807) is 0 Å². The summed E-state index contributed by atoms with van der Waals surface area (Å²) in [5, 5.41) is 0.0109. The average molecular weight is 323 g/mol. The fourth-order valence-corrected chi connectivity index (χ4v) is 3.81. The SMILES string of the molecule is CN1C[C@@H]2CN(C(=O)c3nc4cc(Cl)c(F)cc4[nH]3)C[C@@H]2C1. The molecule has 2 aliphatic rings. The van der Waals surface area contributed by atoms with E-state index in [0.717, 1.165) is 26.2 Å². The zero-order valence-electron chi connectivity index (χ0n) is 12.1. The molecule has 2 aliphatic heterocycles. The zero-order chi connectivity index (χ0) is 15.4. The number of aromatic nitrogens is 2. The maximum absolute atomic E-state index is 13.5. The van der Waals surface area contributed by atoms with E-state index in [1.807, 2.05) is 4.90 Å². The van der Waals surface area contributed by atoms with Crippen molar-refractivity contribution in [2.75, 3.05) is 33.2 Å². The van der Waals surface area contributed by atoms with E-state index in [2.05, 4.69) is 21.9 Å². The van der Waals surface area contributed by atoms with E-state index in [-0.39, 0.29) is 16.8 Å². The van der Waals surface area contributed by atoms with E-state index < -0.39 is 5.82 Å². The molecule has 5 nitrogen and oxygen atoms in total. The lowest BCUT2D eigenvalue weighted by Crippen LogP contribution is -2.32. The molecule has 0 spiro atoms. The van der Waals surface area contributed by atoms with Crippen LogP contribution in [0.25, 0.3) is 11.0 Å². The van der Waals surface area contributed by atoms with Crippen molar-refractivity contribution in [3.63, 3.8) is 0 Å². The van der Waals surface area contributed by atoms with Crippen LogP contribution in [0.4, 0.5) is 4.39 Å². The summed E-state index contributed by atoms with van der Waals surface area (Å²) < 4.78 is 13.5. The summed E-state index contributed by atoms with van der Waals surface area (Å²) in [6.45, 7) is 3.60. The van der Waals surface area contributed by atoms with Gasteiger partial charge in [-0.3, -0.25) is 4.79 Å². The third-order valence-electron chi connectivity index (χ3n) is 4.68. The smallest absolute Gasteiger partial charge is 0.289 e. The minimum Gasteiger partial charge on any atom is -0.335 e. The molecule has 2 atom stereocenters. The number of carbonyl (C=O) groups is 1. The van der Waals surface area contributed by atoms with Gasteiger partial charge < -0.3 is 14.8 Å². The number of hydrogen-bond acceptors (Lipinski definition) is 3. The summed E-state index contributed by atoms with van der Waals surface area (Å²) in [5.41, 5.74) is 0.998. The monoisotopic (exact) mass is 322 g/mol. The van der Waals surface area contributed by atoms with Gasteiger partial charge in [0, 0.05) is 32.2 Å². The minimum atomic E-state index is -0.518. The molecule has 0 radical (unpaired) electrons. The lowest BCUT2D eigenvalue weighted by Gasteiger charge is -2.18. The standard InChI is InChI=1S/C15H16ClFN4O/c1-20-4-8-6-21(7-9(8)5-20)15(22)14-18-12-2-10(16)11(17)3-13(12)19-14/h2-3,8-9H,4-7H2,1H3,(H,18,19)/t8-,9+. The lowest BCUT2D eigenvalue weighted by molar-refractivity contribution is 0.0765. The first kappa shape index (κ1) is 14.0. The van der Waals surface area contributed by atoms with E-state index in [0.29, 0.717) is 22.9 Å². The van der Waals surface area contributed by atoms with Gasteiger partial charge in [-0.2, -0.15) is 0 Å². The first-order valence-corrected chi connectivity index (χ1v) is 7.71. The molecule has 3 heterocycles. The summed E-state index contributed by atoms with van der Waals surface area (Å²) in [6.07, 6.45) is 0. The van der Waals surface area contributed by atoms with Gasteiger partial charge in [-0.15, -0.1) is 0 Å². The van der Waals surface area contributed by atoms with Crippen LogP contribution in [-0.4, -0.2) is 58.9 Å². The molecule has 22 heavy (non-hydrogen) atoms. The number of hydrogen-bond donors (Lipinski definition) is 1. The van der Waals surface area contributed by atoms with Crippen LogP contribution in [-0.2, 0) is 0 Å². The molecule has 116 valence electrons. The maximum Gasteiger partial charge on any atom is 0.289 e. The zero-order valence-corrected chi connectivity index (χ0v) is 12.9. The van der Waals surface area contributed by atoms with Gasteiger partial charge in [0.25, 0.3) is 5.91 Å². The van der Waals surface area contributed by atoms with Crippen LogP contribution >= 0.6 is 11.6 Å². The van der Waals surface area contributed by atoms with Gasteiger partial charge in [-0.1, -0.05) is 11.6 Å². The van der Waals surface area contributed by atoms with Crippen LogP contribution in [0.1, 0.15) is 10.6 Å². The first-order chi connectivity index (χ1) is 10.5. The Kier molecular flexibility index (Phi) is 3.13. The molecule has 1 aromatic heterocycles. The van der Waals surface area contributed by atoms with Gasteiger partial charge >= 0.3 is 0 Å². The van der Waals surface area contributed by atoms with Crippen molar-refractivity contribution in [1.82, 2.24) is 19.8 Å². The highest BCUT2D eigenvalue weighted by molar-refractivity contribution is 6.31. The number of amides is 1. The molecule has 2 fully saturated rings. The van der Waals surface area contributed by atoms with Gasteiger partial charge in [0.2, 0.25) is 0 Å². The van der Waals surface area contributed by atoms with Crippen molar-refractivity contribution >= 4 is 28.5 Å². The van der Waals surface area contributed by atoms with Gasteiger partial charge in [0.15, 0.2) is 5.82 Å². The molecular weight excluding hydrogens is 307 g/mol. The number of likely N-dealkylation sites (tertiary alicyclic amines) is 2. The molecule has 4 rings (SSSR count). The fraction of sp³-hybridized carbons (Fsp3) is 0.467. The van der Waals surface area contributed by atoms with Crippen LogP contribution < -0.4 is 0 Å². The van der Waals surface area contributed by atoms with Crippen molar-refractivity contribution < 1.29 is 9.18 Å². The second-order valence-electron chi connectivity index (χ2n) is 6.32. The highest BCUT2D eigenvalue weighted by atomic mass is 35.5. The molecule has 1 N–H and O–H groups in total. The number of H-pyrrole nitrogens is 1. The summed E-state index contributed by atoms with van der Waals surface area (Å²) >= 11 is 5.75. The highest BCUT2D eigenvalue weighted by Crippen LogP contribution is 2.31. The second kappa shape index (κ2) is 4.93. The largest absolute Gasteiger partial charge is 0.335 e. The van der Waals surface area contributed by atoms with Crippen molar-refractivity contribution in [2.24, 2.45) is 11.8 Å². The Bertz CT molecular complexity index is 708. The number of carbonyl (C=O) groups excluding carboxylic acids is 1. The predicted octanol–water partition coefficient (Wildman–Crippen LogP) is 1.99. The number of rotatable bonds is 1. The predicted molar refractivity (Wildman–Crippen MR) is 81.4 cm³/mol. The molecule has 1 aromatic carbocycles. The molecule has 2 saturated heterocycles. The molecule has 7 heteroatoms. The average Bonchev–Trinajstić information content (AvgIpc) is 3.10. The number of nitrogens with one attached hydrogen (secondary N) is 1. The molecule has 1 amide bonds. The Morgan fingerprint density at radius 3 is 2.68 bits per heavy atom. The number of nitrogens with zero attached hydrogens (tertiary/aromatic N) is 3. The Morgan fingerprint density at radius 2 is 2.00 bits per heavy atom. The van der Waals surface area contributed by atoms with Crippen molar-refractivity contribution in [3.05, 3.63) is 28.8 Å². The Morgan fingerprint density at radius 1 is 1.32 bits per heavy atom. The molecule has 0 bridgehead atoms. The summed E-state index contributed by atoms with van der Waals surface area (Å²) in [5.74, 6) is 0.709. The van der Waals surface area contributed by atoms with E-state index in [4.69, 9.17) is 11.6 Å². The van der Waals surface area contributed by atoms with Crippen molar-refractivity contribution in [2.45, 2.75) is 0 Å². The first-order valence-electron chi connectivity index (χ1n) is 7.34. The van der Waals surface area contributed by atoms with Gasteiger partial charge in [-0.25, -0.2) is 9.37 Å². The van der Waals surface area contributed by atoms with Gasteiger partial charge in [-0.05, 0) is 24.9 Å². The Hall–Kier alpha value is -1.66. The van der Waals surface area contributed by atoms with E-state index in [1.165, 1.54) is 12.1 Å². The van der Waals surface area contributed by atoms with Crippen LogP contribution in [0.3, 0.4) is 0 Å². The third-order valence-corrected chi connectivity index (χ3v) is 4.97. The lowest BCUT2D eigenvalue weighted by atomic mass is 10.0. The number of benzene rings is 1. The van der Waals surface area contributed by atoms with Gasteiger partial charge in [0.1, 0.15) is 5.82 Å². The minimum absolute atomic E-state index is 0.0109. The van der Waals surface area contributed by atoms with Crippen LogP contribution in [0, 0.1) is 17.7 Å². The fourth-order valence-electron chi connectivity index (χ4n) is 3.65. The normalized spacial score (nSPS) is 25.1. The number of halogens is 2. The summed E-state index contributed by atoms with van der Waals surface area (Å²) in [7, 11) is 2.11. The van der Waals surface area contributed by atoms with Gasteiger partial charge in [0.05, 0.1) is 16.1 Å². The highest BCUT2D eigenvalue weighted by Gasteiger charge is 2.41. The van der Waals surface area contributed by atoms with E-state index in [9.17, 15) is 9.18 Å².